The monoisotopic (exact) mass is 447 g/mol. The van der Waals surface area contributed by atoms with Crippen LogP contribution in [0.2, 0.25) is 0 Å². The summed E-state index contributed by atoms with van der Waals surface area (Å²) in [7, 11) is 0. The fourth-order valence-corrected chi connectivity index (χ4v) is 3.60. The van der Waals surface area contributed by atoms with Crippen LogP contribution in [0.15, 0.2) is 0 Å². The Morgan fingerprint density at radius 1 is 0.677 bits per heavy atom. The number of hydrogen-bond acceptors (Lipinski definition) is 6. The first-order chi connectivity index (χ1) is 14.8. The number of aliphatic hydroxyl groups excluding tert-OH is 5. The molecule has 0 aliphatic carbocycles. The topological polar surface area (TPSA) is 130 Å². The summed E-state index contributed by atoms with van der Waals surface area (Å²) in [5.41, 5.74) is 0. The van der Waals surface area contributed by atoms with Crippen LogP contribution in [0.1, 0.15) is 104 Å². The van der Waals surface area contributed by atoms with E-state index in [2.05, 4.69) is 19.2 Å². The van der Waals surface area contributed by atoms with Crippen LogP contribution in [0.4, 0.5) is 0 Å². The summed E-state index contributed by atoms with van der Waals surface area (Å²) in [5.74, 6) is 0.617. The van der Waals surface area contributed by atoms with Crippen LogP contribution >= 0.6 is 0 Å². The second-order valence-electron chi connectivity index (χ2n) is 9.28. The fraction of sp³-hybridized carbons (Fsp3) is 0.958. The summed E-state index contributed by atoms with van der Waals surface area (Å²) >= 11 is 0. The maximum Gasteiger partial charge on any atom is 0.220 e. The highest BCUT2D eigenvalue weighted by atomic mass is 16.4. The van der Waals surface area contributed by atoms with Gasteiger partial charge in [0.05, 0.1) is 12.7 Å². The number of nitrogens with one attached hydrogen (secondary N) is 1. The van der Waals surface area contributed by atoms with Crippen molar-refractivity contribution >= 4 is 5.91 Å². The van der Waals surface area contributed by atoms with E-state index < -0.39 is 31.0 Å². The lowest BCUT2D eigenvalue weighted by Crippen LogP contribution is -2.49. The van der Waals surface area contributed by atoms with Gasteiger partial charge in [-0.05, 0) is 12.3 Å². The van der Waals surface area contributed by atoms with Crippen molar-refractivity contribution in [2.45, 2.75) is 128 Å². The van der Waals surface area contributed by atoms with Crippen molar-refractivity contribution in [1.29, 1.82) is 0 Å². The van der Waals surface area contributed by atoms with Crippen molar-refractivity contribution in [2.75, 3.05) is 13.2 Å². The van der Waals surface area contributed by atoms with Crippen molar-refractivity contribution in [1.82, 2.24) is 5.32 Å². The van der Waals surface area contributed by atoms with Crippen molar-refractivity contribution in [2.24, 2.45) is 5.92 Å². The smallest absolute Gasteiger partial charge is 0.220 e. The van der Waals surface area contributed by atoms with E-state index in [0.717, 1.165) is 25.2 Å². The number of amides is 1. The van der Waals surface area contributed by atoms with E-state index >= 15 is 0 Å². The van der Waals surface area contributed by atoms with Crippen LogP contribution in [0.3, 0.4) is 0 Å². The normalized spacial score (nSPS) is 15.6. The SMILES string of the molecule is CC(C)CCCCCCCCCCCCCCC(=O)NCC(O)C(O)C(O)C(O)CO. The highest BCUT2D eigenvalue weighted by Crippen LogP contribution is 2.14. The summed E-state index contributed by atoms with van der Waals surface area (Å²) in [6, 6.07) is 0. The average molecular weight is 448 g/mol. The summed E-state index contributed by atoms with van der Waals surface area (Å²) in [6.07, 6.45) is 10.2. The third-order valence-corrected chi connectivity index (χ3v) is 5.77. The van der Waals surface area contributed by atoms with Gasteiger partial charge < -0.3 is 30.8 Å². The van der Waals surface area contributed by atoms with Crippen LogP contribution in [-0.2, 0) is 4.79 Å². The molecule has 4 atom stereocenters. The van der Waals surface area contributed by atoms with Gasteiger partial charge in [0, 0.05) is 13.0 Å². The molecule has 7 heteroatoms. The minimum absolute atomic E-state index is 0.211. The molecule has 0 radical (unpaired) electrons. The lowest BCUT2D eigenvalue weighted by molar-refractivity contribution is -0.126. The Morgan fingerprint density at radius 2 is 1.10 bits per heavy atom. The maximum atomic E-state index is 11.8. The second-order valence-corrected chi connectivity index (χ2v) is 9.28. The molecular formula is C24H49NO6. The molecule has 0 aliphatic rings. The van der Waals surface area contributed by atoms with Crippen LogP contribution in [-0.4, -0.2) is 69.0 Å². The van der Waals surface area contributed by atoms with Crippen molar-refractivity contribution in [3.63, 3.8) is 0 Å². The van der Waals surface area contributed by atoms with Crippen LogP contribution in [0.5, 0.6) is 0 Å². The number of aliphatic hydroxyl groups is 5. The molecule has 0 aromatic heterocycles. The zero-order valence-corrected chi connectivity index (χ0v) is 19.8. The van der Waals surface area contributed by atoms with Gasteiger partial charge >= 0.3 is 0 Å². The predicted octanol–water partition coefficient (Wildman–Crippen LogP) is 2.66. The minimum atomic E-state index is -1.67. The predicted molar refractivity (Wildman–Crippen MR) is 124 cm³/mol. The summed E-state index contributed by atoms with van der Waals surface area (Å²) < 4.78 is 0. The van der Waals surface area contributed by atoms with E-state index in [9.17, 15) is 25.2 Å². The average Bonchev–Trinajstić information content (AvgIpc) is 2.75. The van der Waals surface area contributed by atoms with E-state index in [-0.39, 0.29) is 12.5 Å². The second kappa shape index (κ2) is 19.9. The van der Waals surface area contributed by atoms with Gasteiger partial charge in [0.25, 0.3) is 0 Å². The summed E-state index contributed by atoms with van der Waals surface area (Å²) in [6.45, 7) is 3.63. The fourth-order valence-electron chi connectivity index (χ4n) is 3.60. The van der Waals surface area contributed by atoms with Crippen LogP contribution < -0.4 is 5.32 Å². The highest BCUT2D eigenvalue weighted by molar-refractivity contribution is 5.75. The molecule has 6 N–H and O–H groups in total. The summed E-state index contributed by atoms with van der Waals surface area (Å²) in [4.78, 5) is 11.8. The van der Waals surface area contributed by atoms with Gasteiger partial charge in [-0.15, -0.1) is 0 Å². The molecule has 0 heterocycles. The van der Waals surface area contributed by atoms with E-state index in [4.69, 9.17) is 5.11 Å². The number of carbonyl (C=O) groups excluding carboxylic acids is 1. The molecule has 0 aromatic rings. The number of unbranched alkanes of at least 4 members (excludes halogenated alkanes) is 11. The van der Waals surface area contributed by atoms with E-state index in [0.29, 0.717) is 6.42 Å². The molecule has 0 aliphatic heterocycles. The molecular weight excluding hydrogens is 398 g/mol. The lowest BCUT2D eigenvalue weighted by atomic mass is 10.0. The van der Waals surface area contributed by atoms with Gasteiger partial charge in [-0.2, -0.15) is 0 Å². The first-order valence-electron chi connectivity index (χ1n) is 12.4. The largest absolute Gasteiger partial charge is 0.394 e. The standard InChI is InChI=1S/C24H49NO6/c1-19(2)15-13-11-9-7-5-3-4-6-8-10-12-14-16-22(29)25-17-20(27)23(30)24(31)21(28)18-26/h19-21,23-24,26-28,30-31H,3-18H2,1-2H3,(H,25,29). The number of rotatable bonds is 21. The molecule has 0 saturated carbocycles. The Labute approximate surface area is 189 Å². The lowest BCUT2D eigenvalue weighted by Gasteiger charge is -2.25. The van der Waals surface area contributed by atoms with Crippen molar-refractivity contribution < 1.29 is 30.3 Å². The van der Waals surface area contributed by atoms with Gasteiger partial charge in [0.1, 0.15) is 18.3 Å². The quantitative estimate of drug-likeness (QED) is 0.150. The van der Waals surface area contributed by atoms with Crippen LogP contribution in [0, 0.1) is 5.92 Å². The van der Waals surface area contributed by atoms with Gasteiger partial charge in [0.2, 0.25) is 5.91 Å². The van der Waals surface area contributed by atoms with Crippen molar-refractivity contribution in [3.8, 4) is 0 Å². The Hall–Kier alpha value is -0.730. The molecule has 186 valence electrons. The number of hydrogen-bond donors (Lipinski definition) is 6. The van der Waals surface area contributed by atoms with E-state index in [1.807, 2.05) is 0 Å². The molecule has 0 fully saturated rings. The Bertz CT molecular complexity index is 421. The molecule has 0 spiro atoms. The molecule has 0 aromatic carbocycles. The zero-order valence-electron chi connectivity index (χ0n) is 19.8. The molecule has 4 unspecified atom stereocenters. The van der Waals surface area contributed by atoms with Crippen molar-refractivity contribution in [3.05, 3.63) is 0 Å². The Balaban J connectivity index is 3.48. The van der Waals surface area contributed by atoms with Gasteiger partial charge in [-0.25, -0.2) is 0 Å². The highest BCUT2D eigenvalue weighted by Gasteiger charge is 2.30. The molecule has 0 bridgehead atoms. The maximum absolute atomic E-state index is 11.8. The summed E-state index contributed by atoms with van der Waals surface area (Å²) in [5, 5.41) is 49.5. The zero-order chi connectivity index (χ0) is 23.5. The minimum Gasteiger partial charge on any atom is -0.394 e. The van der Waals surface area contributed by atoms with Gasteiger partial charge in [-0.1, -0.05) is 90.9 Å². The Kier molecular flexibility index (Phi) is 19.4. The molecule has 0 rings (SSSR count). The van der Waals surface area contributed by atoms with Crippen LogP contribution in [0.25, 0.3) is 0 Å². The third kappa shape index (κ3) is 17.5. The van der Waals surface area contributed by atoms with Gasteiger partial charge in [0.15, 0.2) is 0 Å². The first kappa shape index (κ1) is 30.3. The molecule has 31 heavy (non-hydrogen) atoms. The third-order valence-electron chi connectivity index (χ3n) is 5.77. The molecule has 1 amide bonds. The molecule has 0 saturated heterocycles. The van der Waals surface area contributed by atoms with E-state index in [1.54, 1.807) is 0 Å². The Morgan fingerprint density at radius 3 is 1.55 bits per heavy atom. The first-order valence-corrected chi connectivity index (χ1v) is 12.4. The molecule has 7 nitrogen and oxygen atoms in total. The van der Waals surface area contributed by atoms with Gasteiger partial charge in [-0.3, -0.25) is 4.79 Å². The van der Waals surface area contributed by atoms with E-state index in [1.165, 1.54) is 64.2 Å². The number of carbonyl (C=O) groups is 1.